The summed E-state index contributed by atoms with van der Waals surface area (Å²) < 4.78 is 0. The van der Waals surface area contributed by atoms with Crippen molar-refractivity contribution in [3.63, 3.8) is 0 Å². The highest BCUT2D eigenvalue weighted by Gasteiger charge is 2.00. The van der Waals surface area contributed by atoms with Crippen LogP contribution in [0.15, 0.2) is 18.2 Å². The average molecular weight is 181 g/mol. The molecule has 0 bridgehead atoms. The van der Waals surface area contributed by atoms with Crippen molar-refractivity contribution < 1.29 is 10.2 Å². The van der Waals surface area contributed by atoms with Crippen LogP contribution in [0.4, 0.5) is 5.69 Å². The number of aromatic hydroxyl groups is 1. The van der Waals surface area contributed by atoms with Crippen LogP contribution in [0, 0.1) is 6.92 Å². The summed E-state index contributed by atoms with van der Waals surface area (Å²) in [4.78, 5) is 0. The van der Waals surface area contributed by atoms with E-state index >= 15 is 0 Å². The van der Waals surface area contributed by atoms with Crippen LogP contribution in [0.2, 0.25) is 0 Å². The van der Waals surface area contributed by atoms with Crippen LogP contribution < -0.4 is 5.32 Å². The van der Waals surface area contributed by atoms with Gasteiger partial charge >= 0.3 is 0 Å². The van der Waals surface area contributed by atoms with E-state index in [-0.39, 0.29) is 6.61 Å². The quantitative estimate of drug-likeness (QED) is 0.617. The number of rotatable bonds is 4. The Morgan fingerprint density at radius 2 is 2.15 bits per heavy atom. The molecular weight excluding hydrogens is 166 g/mol. The number of anilines is 1. The first-order valence-electron chi connectivity index (χ1n) is 4.39. The Bertz CT molecular complexity index is 274. The summed E-state index contributed by atoms with van der Waals surface area (Å²) in [7, 11) is 0. The molecule has 72 valence electrons. The molecule has 13 heavy (non-hydrogen) atoms. The zero-order valence-electron chi connectivity index (χ0n) is 7.75. The standard InChI is InChI=1S/C10H15NO2/c1-8-9(11-6-3-7-12)4-2-5-10(8)13/h2,4-5,11-13H,3,6-7H2,1H3. The zero-order valence-corrected chi connectivity index (χ0v) is 7.75. The topological polar surface area (TPSA) is 52.5 Å². The molecule has 0 radical (unpaired) electrons. The van der Waals surface area contributed by atoms with Gasteiger partial charge in [0.1, 0.15) is 5.75 Å². The van der Waals surface area contributed by atoms with Crippen molar-refractivity contribution in [2.24, 2.45) is 0 Å². The third-order valence-electron chi connectivity index (χ3n) is 1.96. The Hall–Kier alpha value is -1.22. The minimum absolute atomic E-state index is 0.185. The van der Waals surface area contributed by atoms with Crippen molar-refractivity contribution in [1.82, 2.24) is 0 Å². The van der Waals surface area contributed by atoms with Crippen LogP contribution >= 0.6 is 0 Å². The van der Waals surface area contributed by atoms with Crippen molar-refractivity contribution in [3.05, 3.63) is 23.8 Å². The normalized spacial score (nSPS) is 10.0. The summed E-state index contributed by atoms with van der Waals surface area (Å²) in [5.41, 5.74) is 1.77. The molecule has 0 spiro atoms. The van der Waals surface area contributed by atoms with Crippen molar-refractivity contribution in [2.75, 3.05) is 18.5 Å². The van der Waals surface area contributed by atoms with E-state index in [0.29, 0.717) is 5.75 Å². The van der Waals surface area contributed by atoms with Gasteiger partial charge in [0.2, 0.25) is 0 Å². The van der Waals surface area contributed by atoms with Crippen LogP contribution in [0.5, 0.6) is 5.75 Å². The van der Waals surface area contributed by atoms with E-state index in [4.69, 9.17) is 5.11 Å². The molecule has 0 aliphatic carbocycles. The minimum atomic E-state index is 0.185. The lowest BCUT2D eigenvalue weighted by atomic mass is 10.2. The Kier molecular flexibility index (Phi) is 3.58. The molecule has 0 atom stereocenters. The summed E-state index contributed by atoms with van der Waals surface area (Å²) in [5.74, 6) is 0.300. The van der Waals surface area contributed by atoms with E-state index in [1.165, 1.54) is 0 Å². The number of aliphatic hydroxyl groups excluding tert-OH is 1. The number of nitrogens with one attached hydrogen (secondary N) is 1. The van der Waals surface area contributed by atoms with Crippen LogP contribution in [0.1, 0.15) is 12.0 Å². The largest absolute Gasteiger partial charge is 0.508 e. The number of benzene rings is 1. The first-order chi connectivity index (χ1) is 6.25. The van der Waals surface area contributed by atoms with Gasteiger partial charge < -0.3 is 15.5 Å². The molecule has 0 saturated carbocycles. The summed E-state index contributed by atoms with van der Waals surface area (Å²) in [5, 5.41) is 21.1. The van der Waals surface area contributed by atoms with E-state index in [1.807, 2.05) is 13.0 Å². The van der Waals surface area contributed by atoms with Crippen LogP contribution in [0.25, 0.3) is 0 Å². The molecule has 1 aromatic carbocycles. The second kappa shape index (κ2) is 4.72. The summed E-state index contributed by atoms with van der Waals surface area (Å²) in [6, 6.07) is 5.36. The highest BCUT2D eigenvalue weighted by atomic mass is 16.3. The number of hydrogen-bond acceptors (Lipinski definition) is 3. The van der Waals surface area contributed by atoms with Crippen molar-refractivity contribution in [2.45, 2.75) is 13.3 Å². The molecule has 0 aliphatic heterocycles. The van der Waals surface area contributed by atoms with Gasteiger partial charge in [0.15, 0.2) is 0 Å². The monoisotopic (exact) mass is 181 g/mol. The molecule has 0 fully saturated rings. The van der Waals surface area contributed by atoms with Gasteiger partial charge in [-0.25, -0.2) is 0 Å². The third-order valence-corrected chi connectivity index (χ3v) is 1.96. The van der Waals surface area contributed by atoms with Gasteiger partial charge in [0.05, 0.1) is 0 Å². The Balaban J connectivity index is 2.61. The van der Waals surface area contributed by atoms with Crippen LogP contribution in [-0.4, -0.2) is 23.4 Å². The molecule has 0 amide bonds. The summed E-state index contributed by atoms with van der Waals surface area (Å²) in [6.07, 6.45) is 0.717. The number of phenolic OH excluding ortho intramolecular Hbond substituents is 1. The fourth-order valence-corrected chi connectivity index (χ4v) is 1.12. The minimum Gasteiger partial charge on any atom is -0.508 e. The maximum atomic E-state index is 9.37. The molecule has 0 aliphatic rings. The highest BCUT2D eigenvalue weighted by Crippen LogP contribution is 2.23. The molecular formula is C10H15NO2. The number of phenols is 1. The van der Waals surface area contributed by atoms with E-state index in [2.05, 4.69) is 5.32 Å². The fraction of sp³-hybridized carbons (Fsp3) is 0.400. The van der Waals surface area contributed by atoms with Crippen molar-refractivity contribution >= 4 is 5.69 Å². The van der Waals surface area contributed by atoms with Gasteiger partial charge in [-0.1, -0.05) is 6.07 Å². The molecule has 3 heteroatoms. The molecule has 0 aromatic heterocycles. The first kappa shape index (κ1) is 9.86. The molecule has 3 N–H and O–H groups in total. The second-order valence-corrected chi connectivity index (χ2v) is 2.95. The lowest BCUT2D eigenvalue weighted by Gasteiger charge is -2.09. The van der Waals surface area contributed by atoms with Gasteiger partial charge in [-0.05, 0) is 25.5 Å². The second-order valence-electron chi connectivity index (χ2n) is 2.95. The molecule has 0 unspecified atom stereocenters. The highest BCUT2D eigenvalue weighted by molar-refractivity contribution is 5.56. The molecule has 3 nitrogen and oxygen atoms in total. The molecule has 1 aromatic rings. The zero-order chi connectivity index (χ0) is 9.68. The summed E-state index contributed by atoms with van der Waals surface area (Å²) in [6.45, 7) is 2.77. The molecule has 0 saturated heterocycles. The lowest BCUT2D eigenvalue weighted by molar-refractivity contribution is 0.292. The summed E-state index contributed by atoms with van der Waals surface area (Å²) >= 11 is 0. The Labute approximate surface area is 78.0 Å². The maximum Gasteiger partial charge on any atom is 0.120 e. The van der Waals surface area contributed by atoms with Gasteiger partial charge in [0.25, 0.3) is 0 Å². The van der Waals surface area contributed by atoms with E-state index in [9.17, 15) is 5.11 Å². The van der Waals surface area contributed by atoms with Gasteiger partial charge in [0, 0.05) is 24.4 Å². The van der Waals surface area contributed by atoms with E-state index in [1.54, 1.807) is 12.1 Å². The maximum absolute atomic E-state index is 9.37. The average Bonchev–Trinajstić information content (AvgIpc) is 2.13. The molecule has 1 rings (SSSR count). The van der Waals surface area contributed by atoms with Gasteiger partial charge in [-0.2, -0.15) is 0 Å². The number of aliphatic hydroxyl groups is 1. The van der Waals surface area contributed by atoms with Crippen LogP contribution in [-0.2, 0) is 0 Å². The Morgan fingerprint density at radius 3 is 2.85 bits per heavy atom. The lowest BCUT2D eigenvalue weighted by Crippen LogP contribution is -2.04. The SMILES string of the molecule is Cc1c(O)cccc1NCCCO. The Morgan fingerprint density at radius 1 is 1.38 bits per heavy atom. The number of hydrogen-bond donors (Lipinski definition) is 3. The molecule has 0 heterocycles. The van der Waals surface area contributed by atoms with E-state index < -0.39 is 0 Å². The van der Waals surface area contributed by atoms with Crippen LogP contribution in [0.3, 0.4) is 0 Å². The predicted molar refractivity (Wildman–Crippen MR) is 53.0 cm³/mol. The fourth-order valence-electron chi connectivity index (χ4n) is 1.12. The van der Waals surface area contributed by atoms with Gasteiger partial charge in [-0.3, -0.25) is 0 Å². The third kappa shape index (κ3) is 2.63. The van der Waals surface area contributed by atoms with Crippen molar-refractivity contribution in [1.29, 1.82) is 0 Å². The van der Waals surface area contributed by atoms with E-state index in [0.717, 1.165) is 24.2 Å². The first-order valence-corrected chi connectivity index (χ1v) is 4.39. The van der Waals surface area contributed by atoms with Gasteiger partial charge in [-0.15, -0.1) is 0 Å². The van der Waals surface area contributed by atoms with Crippen molar-refractivity contribution in [3.8, 4) is 5.75 Å². The predicted octanol–water partition coefficient (Wildman–Crippen LogP) is 1.49. The smallest absolute Gasteiger partial charge is 0.120 e.